The lowest BCUT2D eigenvalue weighted by Gasteiger charge is -2.41. The Morgan fingerprint density at radius 3 is 1.35 bits per heavy atom. The Bertz CT molecular complexity index is 5230. The third-order valence-electron chi connectivity index (χ3n) is 25.3. The molecule has 1 saturated heterocycles. The first kappa shape index (κ1) is 114. The zero-order valence-corrected chi connectivity index (χ0v) is 87.5. The van der Waals surface area contributed by atoms with Crippen LogP contribution in [0.3, 0.4) is 0 Å². The van der Waals surface area contributed by atoms with Crippen LogP contribution in [-0.4, -0.2) is 263 Å². The van der Waals surface area contributed by atoms with E-state index in [1.165, 1.54) is 90.4 Å². The molecule has 30 nitrogen and oxygen atoms in total. The fraction of sp³-hybridized carbons (Fsp3) is 0.486. The van der Waals surface area contributed by atoms with Crippen molar-refractivity contribution >= 4 is 105 Å². The number of nitrogens with one attached hydrogen (secondary N) is 6. The molecule has 762 valence electrons. The van der Waals surface area contributed by atoms with Gasteiger partial charge in [-0.2, -0.15) is 0 Å². The van der Waals surface area contributed by atoms with Gasteiger partial charge in [-0.3, -0.25) is 67.2 Å². The number of piperidine rings is 1. The number of carbonyl (C=O) groups excluding carboxylic acids is 14. The molecule has 0 radical (unpaired) electrons. The number of para-hydroxylation sites is 1. The van der Waals surface area contributed by atoms with Crippen molar-refractivity contribution in [3.05, 3.63) is 239 Å². The zero-order chi connectivity index (χ0) is 104. The van der Waals surface area contributed by atoms with Crippen molar-refractivity contribution in [2.45, 2.75) is 257 Å². The average molecular weight is 1980 g/mol. The van der Waals surface area contributed by atoms with Gasteiger partial charge in [-0.15, -0.1) is 0 Å². The molecule has 1 unspecified atom stereocenters. The Kier molecular flexibility index (Phi) is 43.6. The first-order chi connectivity index (χ1) is 66.8. The summed E-state index contributed by atoms with van der Waals surface area (Å²) in [6.45, 7) is 28.1. The van der Waals surface area contributed by atoms with Crippen LogP contribution in [0.25, 0.3) is 0 Å². The van der Waals surface area contributed by atoms with E-state index in [0.717, 1.165) is 34.8 Å². The summed E-state index contributed by atoms with van der Waals surface area (Å²) in [4.78, 5) is 221. The minimum Gasteiger partial charge on any atom is -0.444 e. The zero-order valence-electron chi connectivity index (χ0n) is 85.9. The summed E-state index contributed by atoms with van der Waals surface area (Å²) in [5.41, 5.74) is 1.97. The summed E-state index contributed by atoms with van der Waals surface area (Å²) in [5.74, 6) is -10.6. The Labute approximate surface area is 840 Å². The topological polar surface area (TPSA) is 362 Å². The summed E-state index contributed by atoms with van der Waals surface area (Å²) in [6, 6.07) is 44.8. The summed E-state index contributed by atoms with van der Waals surface area (Å²) < 4.78 is 19.2. The lowest BCUT2D eigenvalue weighted by molar-refractivity contribution is -0.151. The maximum Gasteiger partial charge on any atom is 0.410 e. The van der Waals surface area contributed by atoms with E-state index in [1.807, 2.05) is 132 Å². The number of benzene rings is 7. The Morgan fingerprint density at radius 2 is 0.872 bits per heavy atom. The fourth-order valence-corrected chi connectivity index (χ4v) is 19.0. The van der Waals surface area contributed by atoms with E-state index in [-0.39, 0.29) is 55.6 Å². The van der Waals surface area contributed by atoms with Crippen molar-refractivity contribution in [2.75, 3.05) is 67.7 Å². The van der Waals surface area contributed by atoms with Crippen molar-refractivity contribution in [3.63, 3.8) is 0 Å². The van der Waals surface area contributed by atoms with Crippen LogP contribution in [0.4, 0.5) is 4.79 Å². The van der Waals surface area contributed by atoms with Gasteiger partial charge in [0.1, 0.15) is 83.4 Å². The minimum atomic E-state index is -1.77. The van der Waals surface area contributed by atoms with Crippen LogP contribution in [0, 0.1) is 30.6 Å². The molecule has 7 aromatic rings. The fourth-order valence-electron chi connectivity index (χ4n) is 17.2. The van der Waals surface area contributed by atoms with E-state index < -0.39 is 186 Å². The van der Waals surface area contributed by atoms with Gasteiger partial charge in [0, 0.05) is 80.4 Å². The van der Waals surface area contributed by atoms with Gasteiger partial charge in [0.2, 0.25) is 70.9 Å². The summed E-state index contributed by atoms with van der Waals surface area (Å²) in [5, 5.41) is 17.2. The second kappa shape index (κ2) is 54.0. The van der Waals surface area contributed by atoms with Gasteiger partial charge in [0.05, 0.1) is 24.0 Å². The van der Waals surface area contributed by atoms with Crippen LogP contribution in [0.15, 0.2) is 205 Å². The highest BCUT2D eigenvalue weighted by atomic mass is 33.1. The molecule has 0 aliphatic carbocycles. The molecule has 0 aromatic heterocycles. The molecule has 1 aliphatic heterocycles. The molecule has 8 rings (SSSR count). The molecule has 1 heterocycles. The van der Waals surface area contributed by atoms with Gasteiger partial charge in [-0.05, 0) is 149 Å². The molecule has 12 atom stereocenters. The Hall–Kier alpha value is -12.4. The van der Waals surface area contributed by atoms with Crippen molar-refractivity contribution < 1.29 is 81.3 Å². The largest absolute Gasteiger partial charge is 0.444 e. The highest BCUT2D eigenvalue weighted by Crippen LogP contribution is 2.43. The molecule has 0 bridgehead atoms. The summed E-state index contributed by atoms with van der Waals surface area (Å²) in [6.07, 6.45) is -0.598. The second-order valence-electron chi connectivity index (χ2n) is 39.0. The number of rotatable bonds is 48. The van der Waals surface area contributed by atoms with Crippen LogP contribution < -0.4 is 36.6 Å². The number of likely N-dealkylation sites (N-methyl/N-ethyl adjacent to an activating group) is 6. The number of hydrogen-bond donors (Lipinski definition) is 6. The van der Waals surface area contributed by atoms with Crippen molar-refractivity contribution in [3.8, 4) is 5.75 Å². The lowest BCUT2D eigenvalue weighted by Crippen LogP contribution is -2.63. The predicted molar refractivity (Wildman–Crippen MR) is 549 cm³/mol. The quantitative estimate of drug-likeness (QED) is 0.00893. The van der Waals surface area contributed by atoms with Crippen molar-refractivity contribution in [2.24, 2.45) is 23.7 Å². The minimum absolute atomic E-state index is 0.0368. The highest BCUT2D eigenvalue weighted by Gasteiger charge is 2.48. The van der Waals surface area contributed by atoms with E-state index >= 15 is 43.2 Å². The molecule has 1 fully saturated rings. The number of aryl methyl sites for hydroxylation is 1. The van der Waals surface area contributed by atoms with E-state index in [0.29, 0.717) is 56.9 Å². The first-order valence-electron chi connectivity index (χ1n) is 48.7. The van der Waals surface area contributed by atoms with Crippen molar-refractivity contribution in [1.29, 1.82) is 0 Å². The number of carbonyl (C=O) groups is 14. The number of likely N-dealkylation sites (tertiary alicyclic amines) is 1. The van der Waals surface area contributed by atoms with Crippen molar-refractivity contribution in [1.82, 2.24) is 66.2 Å². The molecule has 0 spiro atoms. The maximum absolute atomic E-state index is 16.5. The number of esters is 1. The third kappa shape index (κ3) is 32.0. The van der Waals surface area contributed by atoms with Crippen LogP contribution in [0.5, 0.6) is 5.75 Å². The Morgan fingerprint density at radius 1 is 0.426 bits per heavy atom. The molecule has 141 heavy (non-hydrogen) atoms. The van der Waals surface area contributed by atoms with Crippen LogP contribution in [-0.2, 0) is 96.7 Å². The van der Waals surface area contributed by atoms with E-state index in [9.17, 15) is 24.0 Å². The van der Waals surface area contributed by atoms with E-state index in [4.69, 9.17) is 14.2 Å². The molecule has 0 saturated carbocycles. The number of amides is 13. The van der Waals surface area contributed by atoms with E-state index in [2.05, 4.69) is 31.9 Å². The molecule has 1 aliphatic rings. The number of nitrogens with zero attached hydrogens (tertiary/aromatic N) is 7. The van der Waals surface area contributed by atoms with Crippen LogP contribution in [0.2, 0.25) is 0 Å². The van der Waals surface area contributed by atoms with Gasteiger partial charge >= 0.3 is 12.1 Å². The number of ether oxygens (including phenoxy) is 3. The molecule has 32 heteroatoms. The van der Waals surface area contributed by atoms with Gasteiger partial charge in [0.15, 0.2) is 0 Å². The first-order valence-corrected chi connectivity index (χ1v) is 51.0. The summed E-state index contributed by atoms with van der Waals surface area (Å²) in [7, 11) is 11.4. The standard InChI is InChI=1S/C109H147N13O17S2/c1-23-140-141-89-59-45-46-73(10)95(89)137-91(124)67-84(103(132)118(19)87(66-79-51-35-26-36-52-79)99(128)111-74(11)102(131)122-60-43-30-44-61-122)113-97(126)83(64-77-47-31-24-32-48-77)112-101(130)94(72(8)9)121(22)104(133)88(63-70(4)5)117(18)90(123)68-110-98(127)86(65-78-49-33-25-34-50-78)120(21)106(135)93(76(13)138-109(80-53-37-27-38-54-80,81-55-39-28-40-56-81)82-57-41-29-42-58-82)115-100(129)85(62-69(2)3)119(20)105(134)92(71(6)7)114-96(125)75(12)116(17)107(136)139-108(14,15)16/h24-29,31-42,45-59,69-72,74-76,83-88,92-94H,23,30,43-44,60-68H2,1-22H3,(H,110,127)(H,111,128)(H,112,130)(H,113,126)(H,114,125)(H,115,129)/t74-,75-,76+,83-,84-,85-,86-,87?,88-,92-,93-,94-/m0/s1. The molecule has 13 amide bonds. The second-order valence-corrected chi connectivity index (χ2v) is 41.6. The van der Waals surface area contributed by atoms with Gasteiger partial charge in [-0.25, -0.2) is 4.79 Å². The van der Waals surface area contributed by atoms with Gasteiger partial charge in [0.25, 0.3) is 0 Å². The predicted octanol–water partition coefficient (Wildman–Crippen LogP) is 12.5. The normalized spacial score (nSPS) is 14.8. The van der Waals surface area contributed by atoms with Crippen LogP contribution >= 0.6 is 21.6 Å². The Balaban J connectivity index is 1.11. The molecule has 6 N–H and O–H groups in total. The lowest BCUT2D eigenvalue weighted by atomic mass is 9.79. The molecular formula is C109H147N13O17S2. The summed E-state index contributed by atoms with van der Waals surface area (Å²) >= 11 is 0. The average Bonchev–Trinajstić information content (AvgIpc) is 0.746. The SMILES string of the molecule is CCSSc1cccc(C)c1OC(=O)C[C@H](NC(=O)[C@H](Cc1ccccc1)NC(=O)[C@H](C(C)C)N(C)C(=O)[C@H](CC(C)C)N(C)C(=O)CNC(=O)[C@H](Cc1ccccc1)N(C)C(=O)[C@@H](NC(=O)[C@H](CC(C)C)N(C)C(=O)[C@@H](NC(=O)[C@H](C)N(C)C(=O)OC(C)(C)C)C(C)C)[C@@H](C)OC(c1ccccc1)(c1ccccc1)c1ccccc1)C(=O)N(C)C(Cc1ccccc1)C(=O)N[C@@H](C)C(=O)N1CCCCC1. The van der Waals surface area contributed by atoms with Gasteiger partial charge < -0.3 is 75.5 Å². The molecule has 7 aromatic carbocycles. The number of hydrogen-bond acceptors (Lipinski definition) is 19. The maximum atomic E-state index is 16.5. The smallest absolute Gasteiger partial charge is 0.410 e. The third-order valence-corrected chi connectivity index (χ3v) is 27.7. The van der Waals surface area contributed by atoms with Gasteiger partial charge in [-0.1, -0.05) is 278 Å². The highest BCUT2D eigenvalue weighted by molar-refractivity contribution is 8.76. The van der Waals surface area contributed by atoms with E-state index in [1.54, 1.807) is 177 Å². The molecular weight excluding hydrogens is 1830 g/mol. The monoisotopic (exact) mass is 1970 g/mol. The van der Waals surface area contributed by atoms with Crippen LogP contribution in [0.1, 0.15) is 181 Å².